The fraction of sp³-hybridized carbons (Fsp3) is 0.350. The van der Waals surface area contributed by atoms with Crippen LogP contribution >= 0.6 is 0 Å². The second-order valence-electron chi connectivity index (χ2n) is 6.04. The molecule has 1 N–H and O–H groups in total. The van der Waals surface area contributed by atoms with Crippen LogP contribution in [0.5, 0.6) is 11.5 Å². The lowest BCUT2D eigenvalue weighted by atomic mass is 10.1. The van der Waals surface area contributed by atoms with E-state index in [0.717, 1.165) is 56.1 Å². The van der Waals surface area contributed by atoms with Crippen molar-refractivity contribution in [2.75, 3.05) is 26.2 Å². The third-order valence-electron chi connectivity index (χ3n) is 4.22. The van der Waals surface area contributed by atoms with Gasteiger partial charge in [0.05, 0.1) is 0 Å². The zero-order valence-electron chi connectivity index (χ0n) is 13.9. The Bertz CT molecular complexity index is 632. The number of hydrogen-bond donors (Lipinski definition) is 1. The topological polar surface area (TPSA) is 41.6 Å². The van der Waals surface area contributed by atoms with Crippen LogP contribution in [0.4, 0.5) is 0 Å². The van der Waals surface area contributed by atoms with Gasteiger partial charge in [0.25, 0.3) is 0 Å². The Labute approximate surface area is 143 Å². The highest BCUT2D eigenvalue weighted by atomic mass is 16.5. The van der Waals surface area contributed by atoms with Crippen molar-refractivity contribution in [1.29, 1.82) is 0 Å². The van der Waals surface area contributed by atoms with E-state index in [-0.39, 0.29) is 5.91 Å². The van der Waals surface area contributed by atoms with Gasteiger partial charge in [-0.3, -0.25) is 4.79 Å². The molecule has 126 valence electrons. The summed E-state index contributed by atoms with van der Waals surface area (Å²) >= 11 is 0. The molecule has 1 amide bonds. The van der Waals surface area contributed by atoms with Crippen molar-refractivity contribution in [2.45, 2.75) is 19.3 Å². The first-order chi connectivity index (χ1) is 11.8. The number of nitrogens with one attached hydrogen (secondary N) is 1. The van der Waals surface area contributed by atoms with E-state index < -0.39 is 0 Å². The smallest absolute Gasteiger partial charge is 0.222 e. The van der Waals surface area contributed by atoms with Crippen LogP contribution in [-0.2, 0) is 11.2 Å². The summed E-state index contributed by atoms with van der Waals surface area (Å²) in [5, 5.41) is 3.32. The molecule has 3 rings (SSSR count). The summed E-state index contributed by atoms with van der Waals surface area (Å²) in [5.41, 5.74) is 1.16. The minimum absolute atomic E-state index is 0.253. The van der Waals surface area contributed by atoms with Crippen molar-refractivity contribution in [3.8, 4) is 11.5 Å². The Morgan fingerprint density at radius 2 is 1.71 bits per heavy atom. The lowest BCUT2D eigenvalue weighted by Crippen LogP contribution is -2.34. The van der Waals surface area contributed by atoms with Crippen LogP contribution in [0.25, 0.3) is 0 Å². The van der Waals surface area contributed by atoms with Crippen molar-refractivity contribution in [1.82, 2.24) is 10.2 Å². The number of carbonyl (C=O) groups excluding carboxylic acids is 1. The summed E-state index contributed by atoms with van der Waals surface area (Å²) in [5.74, 6) is 1.90. The third kappa shape index (κ3) is 4.83. The Hall–Kier alpha value is -2.33. The molecule has 1 aliphatic rings. The van der Waals surface area contributed by atoms with Gasteiger partial charge in [0.2, 0.25) is 5.91 Å². The minimum atomic E-state index is 0.253. The molecular weight excluding hydrogens is 300 g/mol. The Balaban J connectivity index is 1.49. The number of hydrogen-bond acceptors (Lipinski definition) is 3. The molecule has 0 aliphatic carbocycles. The number of aryl methyl sites for hydroxylation is 1. The molecule has 0 radical (unpaired) electrons. The standard InChI is InChI=1S/C20H24N2O2/c23-20(22-15-4-13-21-14-16-22)12-9-17-7-10-19(11-8-17)24-18-5-2-1-3-6-18/h1-3,5-8,10-11,21H,4,9,12-16H2. The molecule has 0 aromatic heterocycles. The number of amides is 1. The number of nitrogens with zero attached hydrogens (tertiary/aromatic N) is 1. The van der Waals surface area contributed by atoms with Gasteiger partial charge in [0.1, 0.15) is 11.5 Å². The van der Waals surface area contributed by atoms with E-state index in [4.69, 9.17) is 4.74 Å². The maximum Gasteiger partial charge on any atom is 0.222 e. The molecule has 1 saturated heterocycles. The molecule has 2 aromatic carbocycles. The van der Waals surface area contributed by atoms with Crippen LogP contribution in [0.2, 0.25) is 0 Å². The maximum absolute atomic E-state index is 12.3. The number of carbonyl (C=O) groups is 1. The SMILES string of the molecule is O=C(CCc1ccc(Oc2ccccc2)cc1)N1CCCNCC1. The van der Waals surface area contributed by atoms with Gasteiger partial charge in [0, 0.05) is 26.1 Å². The zero-order chi connectivity index (χ0) is 16.6. The van der Waals surface area contributed by atoms with Crippen molar-refractivity contribution in [3.05, 3.63) is 60.2 Å². The number of ether oxygens (including phenoxy) is 1. The Kier molecular flexibility index (Phi) is 5.85. The normalized spacial score (nSPS) is 14.9. The number of rotatable bonds is 5. The predicted molar refractivity (Wildman–Crippen MR) is 95.3 cm³/mol. The van der Waals surface area contributed by atoms with Gasteiger partial charge in [-0.05, 0) is 49.2 Å². The fourth-order valence-corrected chi connectivity index (χ4v) is 2.85. The highest BCUT2D eigenvalue weighted by molar-refractivity contribution is 5.76. The number of benzene rings is 2. The molecule has 4 nitrogen and oxygen atoms in total. The molecule has 4 heteroatoms. The van der Waals surface area contributed by atoms with Crippen LogP contribution in [0.1, 0.15) is 18.4 Å². The zero-order valence-corrected chi connectivity index (χ0v) is 13.9. The van der Waals surface area contributed by atoms with Crippen molar-refractivity contribution in [3.63, 3.8) is 0 Å². The van der Waals surface area contributed by atoms with Gasteiger partial charge < -0.3 is 15.0 Å². The van der Waals surface area contributed by atoms with E-state index in [1.54, 1.807) is 0 Å². The van der Waals surface area contributed by atoms with Crippen LogP contribution < -0.4 is 10.1 Å². The van der Waals surface area contributed by atoms with E-state index in [2.05, 4.69) is 5.32 Å². The third-order valence-corrected chi connectivity index (χ3v) is 4.22. The quantitative estimate of drug-likeness (QED) is 0.918. The molecule has 0 spiro atoms. The van der Waals surface area contributed by atoms with Gasteiger partial charge in [0.15, 0.2) is 0 Å². The van der Waals surface area contributed by atoms with Crippen molar-refractivity contribution < 1.29 is 9.53 Å². The fourth-order valence-electron chi connectivity index (χ4n) is 2.85. The van der Waals surface area contributed by atoms with Crippen molar-refractivity contribution >= 4 is 5.91 Å². The molecule has 0 atom stereocenters. The summed E-state index contributed by atoms with van der Waals surface area (Å²) in [6, 6.07) is 17.7. The first kappa shape index (κ1) is 16.5. The number of para-hydroxylation sites is 1. The lowest BCUT2D eigenvalue weighted by Gasteiger charge is -2.19. The first-order valence-corrected chi connectivity index (χ1v) is 8.61. The van der Waals surface area contributed by atoms with Crippen LogP contribution in [-0.4, -0.2) is 37.0 Å². The average molecular weight is 324 g/mol. The highest BCUT2D eigenvalue weighted by Crippen LogP contribution is 2.21. The summed E-state index contributed by atoms with van der Waals surface area (Å²) in [7, 11) is 0. The lowest BCUT2D eigenvalue weighted by molar-refractivity contribution is -0.130. The van der Waals surface area contributed by atoms with E-state index in [9.17, 15) is 4.79 Å². The monoisotopic (exact) mass is 324 g/mol. The molecule has 1 aliphatic heterocycles. The Morgan fingerprint density at radius 1 is 0.958 bits per heavy atom. The average Bonchev–Trinajstić information content (AvgIpc) is 2.91. The highest BCUT2D eigenvalue weighted by Gasteiger charge is 2.14. The molecule has 1 fully saturated rings. The molecule has 0 unspecified atom stereocenters. The first-order valence-electron chi connectivity index (χ1n) is 8.61. The van der Waals surface area contributed by atoms with Crippen LogP contribution in [0.3, 0.4) is 0 Å². The largest absolute Gasteiger partial charge is 0.457 e. The van der Waals surface area contributed by atoms with Gasteiger partial charge in [-0.2, -0.15) is 0 Å². The van der Waals surface area contributed by atoms with E-state index in [1.165, 1.54) is 0 Å². The molecule has 0 saturated carbocycles. The van der Waals surface area contributed by atoms with Crippen LogP contribution in [0.15, 0.2) is 54.6 Å². The van der Waals surface area contributed by atoms with E-state index >= 15 is 0 Å². The van der Waals surface area contributed by atoms with Gasteiger partial charge in [-0.15, -0.1) is 0 Å². The van der Waals surface area contributed by atoms with Crippen molar-refractivity contribution in [2.24, 2.45) is 0 Å². The summed E-state index contributed by atoms with van der Waals surface area (Å²) < 4.78 is 5.79. The molecule has 24 heavy (non-hydrogen) atoms. The summed E-state index contributed by atoms with van der Waals surface area (Å²) in [6.45, 7) is 3.60. The van der Waals surface area contributed by atoms with Crippen LogP contribution in [0, 0.1) is 0 Å². The summed E-state index contributed by atoms with van der Waals surface area (Å²) in [6.07, 6.45) is 2.38. The second-order valence-corrected chi connectivity index (χ2v) is 6.04. The second kappa shape index (κ2) is 8.50. The molecular formula is C20H24N2O2. The molecule has 1 heterocycles. The maximum atomic E-state index is 12.3. The minimum Gasteiger partial charge on any atom is -0.457 e. The summed E-state index contributed by atoms with van der Waals surface area (Å²) in [4.78, 5) is 14.3. The van der Waals surface area contributed by atoms with E-state index in [0.29, 0.717) is 6.42 Å². The molecule has 2 aromatic rings. The predicted octanol–water partition coefficient (Wildman–Crippen LogP) is 3.23. The molecule has 0 bridgehead atoms. The van der Waals surface area contributed by atoms with Gasteiger partial charge in [-0.25, -0.2) is 0 Å². The van der Waals surface area contributed by atoms with E-state index in [1.807, 2.05) is 59.5 Å². The van der Waals surface area contributed by atoms with Gasteiger partial charge >= 0.3 is 0 Å². The Morgan fingerprint density at radius 3 is 2.50 bits per heavy atom. The van der Waals surface area contributed by atoms with Gasteiger partial charge in [-0.1, -0.05) is 30.3 Å².